The van der Waals surface area contributed by atoms with Gasteiger partial charge in [-0.2, -0.15) is 0 Å². The zero-order valence-corrected chi connectivity index (χ0v) is 19.1. The maximum absolute atomic E-state index is 13.6. The lowest BCUT2D eigenvalue weighted by Crippen LogP contribution is -2.47. The number of rotatable bonds is 5. The Labute approximate surface area is 197 Å². The largest absolute Gasteiger partial charge is 0.465 e. The molecule has 3 aromatic carbocycles. The van der Waals surface area contributed by atoms with Crippen LogP contribution in [0.2, 0.25) is 0 Å². The third-order valence-electron chi connectivity index (χ3n) is 6.19. The lowest BCUT2D eigenvalue weighted by molar-refractivity contribution is 0.0601. The van der Waals surface area contributed by atoms with E-state index in [4.69, 9.17) is 9.72 Å². The minimum absolute atomic E-state index is 0.158. The van der Waals surface area contributed by atoms with Gasteiger partial charge in [0.25, 0.3) is 5.56 Å². The van der Waals surface area contributed by atoms with Gasteiger partial charge in [0.05, 0.1) is 29.3 Å². The van der Waals surface area contributed by atoms with Crippen molar-refractivity contribution in [1.29, 1.82) is 0 Å². The zero-order chi connectivity index (χ0) is 23.5. The molecule has 1 aliphatic rings. The number of benzene rings is 3. The average molecular weight is 455 g/mol. The third-order valence-corrected chi connectivity index (χ3v) is 6.19. The fraction of sp³-hybridized carbons (Fsp3) is 0.222. The highest BCUT2D eigenvalue weighted by Crippen LogP contribution is 2.22. The molecule has 172 valence electrons. The van der Waals surface area contributed by atoms with Crippen LogP contribution < -0.4 is 10.5 Å². The topological polar surface area (TPSA) is 67.7 Å². The first-order valence-corrected chi connectivity index (χ1v) is 11.4. The van der Waals surface area contributed by atoms with Crippen LogP contribution in [0.25, 0.3) is 16.6 Å². The van der Waals surface area contributed by atoms with Crippen LogP contribution in [-0.4, -0.2) is 53.7 Å². The summed E-state index contributed by atoms with van der Waals surface area (Å²) in [6.07, 6.45) is 0. The molecular formula is C27H26N4O3. The van der Waals surface area contributed by atoms with Crippen LogP contribution in [0.1, 0.15) is 15.9 Å². The van der Waals surface area contributed by atoms with Crippen molar-refractivity contribution >= 4 is 22.8 Å². The Morgan fingerprint density at radius 3 is 2.26 bits per heavy atom. The summed E-state index contributed by atoms with van der Waals surface area (Å²) in [6.45, 7) is 4.11. The van der Waals surface area contributed by atoms with Crippen LogP contribution in [-0.2, 0) is 11.3 Å². The summed E-state index contributed by atoms with van der Waals surface area (Å²) in [6, 6.07) is 24.9. The van der Waals surface area contributed by atoms with E-state index in [2.05, 4.69) is 34.1 Å². The Balaban J connectivity index is 1.52. The molecule has 1 aromatic heterocycles. The van der Waals surface area contributed by atoms with Crippen LogP contribution in [0, 0.1) is 0 Å². The number of esters is 1. The second-order valence-electron chi connectivity index (χ2n) is 8.36. The van der Waals surface area contributed by atoms with Gasteiger partial charge < -0.3 is 9.64 Å². The van der Waals surface area contributed by atoms with Crippen molar-refractivity contribution in [2.75, 3.05) is 38.2 Å². The van der Waals surface area contributed by atoms with Crippen LogP contribution >= 0.6 is 0 Å². The molecule has 0 atom stereocenters. The van der Waals surface area contributed by atoms with E-state index < -0.39 is 5.97 Å². The molecule has 1 fully saturated rings. The van der Waals surface area contributed by atoms with E-state index in [0.717, 1.165) is 38.4 Å². The van der Waals surface area contributed by atoms with E-state index in [-0.39, 0.29) is 5.56 Å². The van der Waals surface area contributed by atoms with Crippen molar-refractivity contribution in [3.8, 4) is 5.69 Å². The Hall–Kier alpha value is -3.97. The van der Waals surface area contributed by atoms with Crippen LogP contribution in [0.4, 0.5) is 5.95 Å². The number of fused-ring (bicyclic) bond motifs is 1. The Kier molecular flexibility index (Phi) is 6.10. The number of methoxy groups -OCH3 is 1. The van der Waals surface area contributed by atoms with Gasteiger partial charge in [-0.3, -0.25) is 9.69 Å². The summed E-state index contributed by atoms with van der Waals surface area (Å²) in [7, 11) is 1.34. The van der Waals surface area contributed by atoms with Crippen LogP contribution in [0.15, 0.2) is 83.7 Å². The molecule has 0 amide bonds. The second-order valence-corrected chi connectivity index (χ2v) is 8.36. The number of carbonyl (C=O) groups excluding carboxylic acids is 1. The number of carbonyl (C=O) groups is 1. The van der Waals surface area contributed by atoms with E-state index in [9.17, 15) is 9.59 Å². The highest BCUT2D eigenvalue weighted by Gasteiger charge is 2.23. The molecule has 0 saturated carbocycles. The highest BCUT2D eigenvalue weighted by atomic mass is 16.5. The number of hydrogen-bond donors (Lipinski definition) is 0. The highest BCUT2D eigenvalue weighted by molar-refractivity contribution is 5.94. The van der Waals surface area contributed by atoms with Gasteiger partial charge in [0.15, 0.2) is 0 Å². The monoisotopic (exact) mass is 454 g/mol. The molecule has 7 heteroatoms. The molecule has 2 heterocycles. The van der Waals surface area contributed by atoms with Crippen LogP contribution in [0.3, 0.4) is 0 Å². The van der Waals surface area contributed by atoms with Gasteiger partial charge >= 0.3 is 5.97 Å². The van der Waals surface area contributed by atoms with Gasteiger partial charge in [0.2, 0.25) is 5.95 Å². The van der Waals surface area contributed by atoms with Crippen molar-refractivity contribution in [3.05, 3.63) is 100 Å². The number of ether oxygens (including phenoxy) is 1. The zero-order valence-electron chi connectivity index (χ0n) is 19.1. The van der Waals surface area contributed by atoms with E-state index >= 15 is 0 Å². The normalized spacial score (nSPS) is 14.3. The first-order chi connectivity index (χ1) is 16.6. The molecule has 34 heavy (non-hydrogen) atoms. The minimum Gasteiger partial charge on any atom is -0.465 e. The standard InChI is InChI=1S/C27H26N4O3/c1-34-26(33)21-12-13-23-24(18-21)28-27(31(25(23)32)22-10-6-3-7-11-22)30-16-14-29(15-17-30)19-20-8-4-2-5-9-20/h2-13,18H,14-17,19H2,1H3. The summed E-state index contributed by atoms with van der Waals surface area (Å²) < 4.78 is 6.52. The fourth-order valence-electron chi connectivity index (χ4n) is 4.39. The van der Waals surface area contributed by atoms with E-state index in [1.807, 2.05) is 36.4 Å². The third kappa shape index (κ3) is 4.30. The SMILES string of the molecule is COC(=O)c1ccc2c(=O)n(-c3ccccc3)c(N3CCN(Cc4ccccc4)CC3)nc2c1. The molecule has 0 bridgehead atoms. The first-order valence-electron chi connectivity index (χ1n) is 11.4. The number of para-hydroxylation sites is 1. The molecule has 5 rings (SSSR count). The number of hydrogen-bond acceptors (Lipinski definition) is 6. The van der Waals surface area contributed by atoms with Crippen molar-refractivity contribution < 1.29 is 9.53 Å². The van der Waals surface area contributed by atoms with Crippen molar-refractivity contribution in [2.45, 2.75) is 6.54 Å². The van der Waals surface area contributed by atoms with E-state index in [1.165, 1.54) is 12.7 Å². The smallest absolute Gasteiger partial charge is 0.337 e. The van der Waals surface area contributed by atoms with Crippen molar-refractivity contribution in [2.24, 2.45) is 0 Å². The Morgan fingerprint density at radius 2 is 1.59 bits per heavy atom. The Morgan fingerprint density at radius 1 is 0.912 bits per heavy atom. The van der Waals surface area contributed by atoms with E-state index in [0.29, 0.717) is 22.4 Å². The molecule has 0 unspecified atom stereocenters. The lowest BCUT2D eigenvalue weighted by atomic mass is 10.1. The molecule has 1 saturated heterocycles. The van der Waals surface area contributed by atoms with Crippen LogP contribution in [0.5, 0.6) is 0 Å². The predicted octanol–water partition coefficient (Wildman–Crippen LogP) is 3.49. The summed E-state index contributed by atoms with van der Waals surface area (Å²) in [5.41, 5.74) is 2.76. The summed E-state index contributed by atoms with van der Waals surface area (Å²) >= 11 is 0. The van der Waals surface area contributed by atoms with E-state index in [1.54, 1.807) is 22.8 Å². The van der Waals surface area contributed by atoms with Crippen molar-refractivity contribution in [1.82, 2.24) is 14.5 Å². The second kappa shape index (κ2) is 9.49. The number of nitrogens with zero attached hydrogens (tertiary/aromatic N) is 4. The number of anilines is 1. The average Bonchev–Trinajstić information content (AvgIpc) is 2.89. The summed E-state index contributed by atoms with van der Waals surface area (Å²) in [5.74, 6) is 0.136. The Bertz CT molecular complexity index is 1360. The maximum atomic E-state index is 13.6. The molecule has 1 aliphatic heterocycles. The maximum Gasteiger partial charge on any atom is 0.337 e. The molecule has 0 radical (unpaired) electrons. The molecular weight excluding hydrogens is 428 g/mol. The van der Waals surface area contributed by atoms with Gasteiger partial charge in [-0.25, -0.2) is 14.3 Å². The van der Waals surface area contributed by atoms with Crippen molar-refractivity contribution in [3.63, 3.8) is 0 Å². The quantitative estimate of drug-likeness (QED) is 0.430. The molecule has 0 spiro atoms. The molecule has 4 aromatic rings. The van der Waals surface area contributed by atoms with Gasteiger partial charge in [-0.05, 0) is 35.9 Å². The minimum atomic E-state index is -0.452. The van der Waals surface area contributed by atoms with Gasteiger partial charge in [-0.1, -0.05) is 48.5 Å². The molecule has 7 nitrogen and oxygen atoms in total. The van der Waals surface area contributed by atoms with Gasteiger partial charge in [0, 0.05) is 32.7 Å². The predicted molar refractivity (Wildman–Crippen MR) is 133 cm³/mol. The molecule has 0 aliphatic carbocycles. The summed E-state index contributed by atoms with van der Waals surface area (Å²) in [5, 5.41) is 0.461. The number of aromatic nitrogens is 2. The van der Waals surface area contributed by atoms with Gasteiger partial charge in [0.1, 0.15) is 0 Å². The first kappa shape index (κ1) is 21.9. The fourth-order valence-corrected chi connectivity index (χ4v) is 4.39. The number of piperazine rings is 1. The lowest BCUT2D eigenvalue weighted by Gasteiger charge is -2.36. The summed E-state index contributed by atoms with van der Waals surface area (Å²) in [4.78, 5) is 35.1. The molecule has 0 N–H and O–H groups in total. The van der Waals surface area contributed by atoms with Gasteiger partial charge in [-0.15, -0.1) is 0 Å².